The Morgan fingerprint density at radius 3 is 2.58 bits per heavy atom. The zero-order chi connectivity index (χ0) is 18.3. The van der Waals surface area contributed by atoms with Crippen molar-refractivity contribution in [2.45, 2.75) is 13.5 Å². The van der Waals surface area contributed by atoms with Crippen molar-refractivity contribution in [3.63, 3.8) is 0 Å². The van der Waals surface area contributed by atoms with Gasteiger partial charge in [-0.05, 0) is 43.3 Å². The third-order valence-corrected chi connectivity index (χ3v) is 4.35. The number of nitrogens with one attached hydrogen (secondary N) is 1. The molecule has 0 spiro atoms. The van der Waals surface area contributed by atoms with Crippen LogP contribution in [-0.4, -0.2) is 19.3 Å². The Kier molecular flexibility index (Phi) is 3.76. The summed E-state index contributed by atoms with van der Waals surface area (Å²) in [6.07, 6.45) is 1.66. The summed E-state index contributed by atoms with van der Waals surface area (Å²) >= 11 is 0. The zero-order valence-corrected chi connectivity index (χ0v) is 13.9. The molecular weight excluding hydrogens is 335 g/mol. The fourth-order valence-electron chi connectivity index (χ4n) is 3.03. The van der Waals surface area contributed by atoms with E-state index in [9.17, 15) is 14.0 Å². The highest BCUT2D eigenvalue weighted by Gasteiger charge is 2.15. The molecule has 0 bridgehead atoms. The van der Waals surface area contributed by atoms with Crippen molar-refractivity contribution in [3.05, 3.63) is 92.6 Å². The lowest BCUT2D eigenvalue weighted by Gasteiger charge is -2.09. The van der Waals surface area contributed by atoms with Crippen LogP contribution in [0.1, 0.15) is 11.4 Å². The van der Waals surface area contributed by atoms with E-state index in [1.54, 1.807) is 19.2 Å². The predicted octanol–water partition coefficient (Wildman–Crippen LogP) is 2.37. The highest BCUT2D eigenvalue weighted by atomic mass is 19.1. The summed E-state index contributed by atoms with van der Waals surface area (Å²) in [4.78, 5) is 29.6. The minimum atomic E-state index is -0.385. The first-order chi connectivity index (χ1) is 12.5. The molecule has 0 saturated carbocycles. The molecule has 0 amide bonds. The number of hydrogen-bond acceptors (Lipinski definition) is 3. The first kappa shape index (κ1) is 16.0. The minimum absolute atomic E-state index is 0.229. The van der Waals surface area contributed by atoms with E-state index in [1.165, 1.54) is 39.6 Å². The summed E-state index contributed by atoms with van der Waals surface area (Å²) in [5, 5.41) is 3.35. The minimum Gasteiger partial charge on any atom is -0.306 e. The fraction of sp³-hybridized carbons (Fsp3) is 0.105. The second-order valence-corrected chi connectivity index (χ2v) is 5.99. The molecule has 26 heavy (non-hydrogen) atoms. The Balaban J connectivity index is 1.90. The van der Waals surface area contributed by atoms with Crippen LogP contribution in [0.4, 0.5) is 4.39 Å². The van der Waals surface area contributed by atoms with Gasteiger partial charge in [-0.2, -0.15) is 0 Å². The maximum absolute atomic E-state index is 13.1. The van der Waals surface area contributed by atoms with Gasteiger partial charge in [-0.15, -0.1) is 0 Å². The van der Waals surface area contributed by atoms with Crippen LogP contribution >= 0.6 is 0 Å². The van der Waals surface area contributed by atoms with E-state index in [0.717, 1.165) is 5.69 Å². The van der Waals surface area contributed by atoms with E-state index in [-0.39, 0.29) is 23.5 Å². The molecule has 0 atom stereocenters. The lowest BCUT2D eigenvalue weighted by Crippen LogP contribution is -2.24. The van der Waals surface area contributed by atoms with Crippen molar-refractivity contribution in [2.24, 2.45) is 0 Å². The van der Waals surface area contributed by atoms with Crippen molar-refractivity contribution in [1.82, 2.24) is 19.3 Å². The number of hydrogen-bond donors (Lipinski definition) is 1. The number of halogens is 1. The van der Waals surface area contributed by atoms with Gasteiger partial charge in [0.25, 0.3) is 11.1 Å². The van der Waals surface area contributed by atoms with Gasteiger partial charge in [-0.1, -0.05) is 6.07 Å². The summed E-state index contributed by atoms with van der Waals surface area (Å²) in [5.74, 6) is -0.385. The van der Waals surface area contributed by atoms with E-state index >= 15 is 0 Å². The number of pyridine rings is 2. The van der Waals surface area contributed by atoms with Gasteiger partial charge >= 0.3 is 0 Å². The maximum Gasteiger partial charge on any atom is 0.280 e. The molecule has 4 rings (SSSR count). The first-order valence-corrected chi connectivity index (χ1v) is 8.05. The van der Waals surface area contributed by atoms with Crippen LogP contribution in [0.15, 0.2) is 64.3 Å². The molecule has 1 aromatic carbocycles. The maximum atomic E-state index is 13.1. The van der Waals surface area contributed by atoms with Crippen LogP contribution in [0.2, 0.25) is 0 Å². The molecular formula is C19H15FN4O2. The standard InChI is InChI=1S/C19H15FN4O2/c1-12-18-16(10-17(25)23(12)11-14-4-2-3-9-21-14)22-24(19(18)26)15-7-5-13(20)6-8-15/h2-10,22H,11H2,1H3. The number of rotatable bonds is 3. The van der Waals surface area contributed by atoms with Gasteiger partial charge in [0.05, 0.1) is 28.8 Å². The molecule has 3 heterocycles. The van der Waals surface area contributed by atoms with Crippen molar-refractivity contribution in [3.8, 4) is 5.69 Å². The fourth-order valence-corrected chi connectivity index (χ4v) is 3.03. The first-order valence-electron chi connectivity index (χ1n) is 8.05. The Labute approximate surface area is 147 Å². The summed E-state index contributed by atoms with van der Waals surface area (Å²) < 4.78 is 16.0. The molecule has 4 aromatic rings. The number of aryl methyl sites for hydroxylation is 1. The summed E-state index contributed by atoms with van der Waals surface area (Å²) in [7, 11) is 0. The van der Waals surface area contributed by atoms with Crippen LogP contribution in [0.25, 0.3) is 16.6 Å². The molecule has 0 aliphatic heterocycles. The Morgan fingerprint density at radius 2 is 1.88 bits per heavy atom. The quantitative estimate of drug-likeness (QED) is 0.616. The van der Waals surface area contributed by atoms with Crippen molar-refractivity contribution >= 4 is 10.9 Å². The molecule has 0 radical (unpaired) electrons. The largest absolute Gasteiger partial charge is 0.306 e. The summed E-state index contributed by atoms with van der Waals surface area (Å²) in [6, 6.07) is 12.4. The van der Waals surface area contributed by atoms with Crippen molar-refractivity contribution in [2.75, 3.05) is 0 Å². The lowest BCUT2D eigenvalue weighted by atomic mass is 10.2. The molecule has 0 unspecified atom stereocenters. The van der Waals surface area contributed by atoms with Crippen LogP contribution in [0, 0.1) is 12.7 Å². The topological polar surface area (TPSA) is 72.7 Å². The van der Waals surface area contributed by atoms with Gasteiger partial charge in [0.15, 0.2) is 0 Å². The Morgan fingerprint density at radius 1 is 1.12 bits per heavy atom. The average Bonchev–Trinajstić information content (AvgIpc) is 2.96. The van der Waals surface area contributed by atoms with Gasteiger partial charge < -0.3 is 4.57 Å². The average molecular weight is 350 g/mol. The van der Waals surface area contributed by atoms with Crippen LogP contribution in [0.5, 0.6) is 0 Å². The second kappa shape index (κ2) is 6.11. The second-order valence-electron chi connectivity index (χ2n) is 5.99. The van der Waals surface area contributed by atoms with Crippen LogP contribution < -0.4 is 11.1 Å². The Bertz CT molecular complexity index is 1200. The molecule has 130 valence electrons. The smallest absolute Gasteiger partial charge is 0.280 e. The van der Waals surface area contributed by atoms with Gasteiger partial charge in [-0.25, -0.2) is 9.07 Å². The number of aromatic amines is 1. The van der Waals surface area contributed by atoms with Crippen molar-refractivity contribution < 1.29 is 4.39 Å². The van der Waals surface area contributed by atoms with Gasteiger partial charge in [0.2, 0.25) is 0 Å². The number of fused-ring (bicyclic) bond motifs is 1. The normalized spacial score (nSPS) is 11.2. The molecule has 0 aliphatic carbocycles. The molecule has 0 aliphatic rings. The van der Waals surface area contributed by atoms with Crippen LogP contribution in [0.3, 0.4) is 0 Å². The molecule has 3 aromatic heterocycles. The van der Waals surface area contributed by atoms with Crippen molar-refractivity contribution in [1.29, 1.82) is 0 Å². The SMILES string of the molecule is Cc1c2c(=O)n(-c3ccc(F)cc3)[nH]c2cc(=O)n1Cc1ccccn1. The van der Waals surface area contributed by atoms with Gasteiger partial charge in [0.1, 0.15) is 5.82 Å². The summed E-state index contributed by atoms with van der Waals surface area (Å²) in [6.45, 7) is 2.01. The molecule has 1 N–H and O–H groups in total. The predicted molar refractivity (Wildman–Crippen MR) is 96.2 cm³/mol. The highest BCUT2D eigenvalue weighted by Crippen LogP contribution is 2.14. The third kappa shape index (κ3) is 2.63. The number of H-pyrrole nitrogens is 1. The van der Waals surface area contributed by atoms with E-state index in [2.05, 4.69) is 10.1 Å². The zero-order valence-electron chi connectivity index (χ0n) is 13.9. The Hall–Kier alpha value is -3.48. The van der Waals surface area contributed by atoms with Gasteiger partial charge in [-0.3, -0.25) is 19.7 Å². The summed E-state index contributed by atoms with van der Waals surface area (Å²) in [5.41, 5.74) is 1.70. The van der Waals surface area contributed by atoms with Gasteiger partial charge in [0, 0.05) is 18.0 Å². The monoisotopic (exact) mass is 350 g/mol. The van der Waals surface area contributed by atoms with E-state index in [4.69, 9.17) is 0 Å². The third-order valence-electron chi connectivity index (χ3n) is 4.35. The van der Waals surface area contributed by atoms with E-state index < -0.39 is 0 Å². The number of benzene rings is 1. The number of nitrogens with zero attached hydrogens (tertiary/aromatic N) is 3. The van der Waals surface area contributed by atoms with E-state index in [1.807, 2.05) is 12.1 Å². The number of aromatic nitrogens is 4. The van der Waals surface area contributed by atoms with E-state index in [0.29, 0.717) is 22.3 Å². The highest BCUT2D eigenvalue weighted by molar-refractivity contribution is 5.80. The molecule has 7 heteroatoms. The molecule has 6 nitrogen and oxygen atoms in total. The molecule has 0 fully saturated rings. The van der Waals surface area contributed by atoms with Crippen LogP contribution in [-0.2, 0) is 6.54 Å². The lowest BCUT2D eigenvalue weighted by molar-refractivity contribution is 0.627. The molecule has 0 saturated heterocycles.